The van der Waals surface area contributed by atoms with E-state index < -0.39 is 64.4 Å². The summed E-state index contributed by atoms with van der Waals surface area (Å²) in [6, 6.07) is 14.8. The first kappa shape index (κ1) is 45.5. The van der Waals surface area contributed by atoms with Crippen LogP contribution in [-0.2, 0) is 36.8 Å². The summed E-state index contributed by atoms with van der Waals surface area (Å²) >= 11 is 0. The van der Waals surface area contributed by atoms with Crippen molar-refractivity contribution in [3.8, 4) is 5.75 Å². The summed E-state index contributed by atoms with van der Waals surface area (Å²) in [4.78, 5) is 87.9. The van der Waals surface area contributed by atoms with Crippen molar-refractivity contribution >= 4 is 58.5 Å². The van der Waals surface area contributed by atoms with E-state index in [0.717, 1.165) is 0 Å². The molecule has 0 spiro atoms. The standard InChI is InChI=1S/C41H49N7O12/c1-40(2,3)59-37(52)46-32(22-26-23-47(38(53)60-41(4,5)6)33-12-8-7-10-30(26)33)35(50)45-31(11-9-21-43-36(42)51)34(49)44-27-15-13-25(14-16-27)24-57-39(54)58-29-19-17-28(18-20-29)48(55)56/h7-8,10,12-20,23,31-32H,9,11,21-22,24H2,1-6H3,(H,44,49)(H,45,50)(H,46,52)(H3,42,43,51)/t31-,32+/m0/s1. The number of primary amides is 1. The lowest BCUT2D eigenvalue weighted by Crippen LogP contribution is -2.54. The molecule has 4 aromatic rings. The summed E-state index contributed by atoms with van der Waals surface area (Å²) in [6.07, 6.45) is -0.905. The number of benzene rings is 3. The van der Waals surface area contributed by atoms with E-state index in [9.17, 15) is 38.9 Å². The third-order valence-electron chi connectivity index (χ3n) is 8.24. The molecule has 0 bridgehead atoms. The molecule has 0 unspecified atom stereocenters. The van der Waals surface area contributed by atoms with E-state index in [1.165, 1.54) is 35.0 Å². The second-order valence-electron chi connectivity index (χ2n) is 15.5. The smallest absolute Gasteiger partial charge is 0.444 e. The van der Waals surface area contributed by atoms with Gasteiger partial charge in [-0.25, -0.2) is 19.2 Å². The van der Waals surface area contributed by atoms with Gasteiger partial charge in [0.1, 0.15) is 35.6 Å². The van der Waals surface area contributed by atoms with Crippen LogP contribution in [0.1, 0.15) is 65.5 Å². The van der Waals surface area contributed by atoms with Crippen LogP contribution in [0.4, 0.5) is 30.6 Å². The summed E-state index contributed by atoms with van der Waals surface area (Å²) in [7, 11) is 0. The average molecular weight is 832 g/mol. The van der Waals surface area contributed by atoms with Crippen molar-refractivity contribution in [3.63, 3.8) is 0 Å². The number of carbonyl (C=O) groups is 6. The van der Waals surface area contributed by atoms with Gasteiger partial charge in [0.2, 0.25) is 11.8 Å². The van der Waals surface area contributed by atoms with Crippen LogP contribution in [0.2, 0.25) is 0 Å². The Kier molecular flexibility index (Phi) is 15.2. The number of hydrogen-bond donors (Lipinski definition) is 5. The van der Waals surface area contributed by atoms with E-state index >= 15 is 0 Å². The van der Waals surface area contributed by atoms with Crippen LogP contribution in [0.25, 0.3) is 10.9 Å². The molecule has 1 aromatic heterocycles. The third kappa shape index (κ3) is 14.3. The van der Waals surface area contributed by atoms with E-state index in [4.69, 9.17) is 24.7 Å². The number of hydrogen-bond acceptors (Lipinski definition) is 12. The first-order valence-corrected chi connectivity index (χ1v) is 18.8. The van der Waals surface area contributed by atoms with Gasteiger partial charge >= 0.3 is 24.4 Å². The largest absolute Gasteiger partial charge is 0.514 e. The summed E-state index contributed by atoms with van der Waals surface area (Å²) in [6.45, 7) is 10.1. The van der Waals surface area contributed by atoms with Crippen molar-refractivity contribution in [2.45, 2.75) is 90.7 Å². The fraction of sp³-hybridized carbons (Fsp3) is 0.366. The van der Waals surface area contributed by atoms with Crippen molar-refractivity contribution in [3.05, 3.63) is 100 Å². The van der Waals surface area contributed by atoms with Gasteiger partial charge in [-0.1, -0.05) is 30.3 Å². The van der Waals surface area contributed by atoms with Crippen LogP contribution >= 0.6 is 0 Å². The average Bonchev–Trinajstić information content (AvgIpc) is 3.52. The number of alkyl carbamates (subject to hydrolysis) is 1. The number of rotatable bonds is 15. The van der Waals surface area contributed by atoms with Crippen molar-refractivity contribution in [1.29, 1.82) is 0 Å². The number of non-ortho nitro benzene ring substituents is 1. The number of aromatic nitrogens is 1. The number of carbonyl (C=O) groups excluding carboxylic acids is 6. The van der Waals surface area contributed by atoms with Gasteiger partial charge < -0.3 is 45.9 Å². The van der Waals surface area contributed by atoms with Gasteiger partial charge in [-0.2, -0.15) is 0 Å². The second-order valence-corrected chi connectivity index (χ2v) is 15.5. The van der Waals surface area contributed by atoms with Crippen LogP contribution in [0, 0.1) is 10.1 Å². The first-order valence-electron chi connectivity index (χ1n) is 18.8. The topological polar surface area (TPSA) is 262 Å². The molecule has 0 aliphatic heterocycles. The molecule has 0 aliphatic carbocycles. The number of amides is 5. The number of nitro groups is 1. The lowest BCUT2D eigenvalue weighted by atomic mass is 10.0. The van der Waals surface area contributed by atoms with Crippen LogP contribution in [-0.4, -0.2) is 75.5 Å². The van der Waals surface area contributed by atoms with E-state index in [0.29, 0.717) is 27.7 Å². The Hall–Kier alpha value is -7.18. The minimum Gasteiger partial charge on any atom is -0.444 e. The van der Waals surface area contributed by atoms with Crippen LogP contribution in [0.3, 0.4) is 0 Å². The quantitative estimate of drug-likeness (QED) is 0.0229. The molecule has 5 amide bonds. The van der Waals surface area contributed by atoms with Gasteiger partial charge in [-0.05, 0) is 95.8 Å². The molecule has 3 aromatic carbocycles. The number of nitrogens with two attached hydrogens (primary N) is 1. The normalized spacial score (nSPS) is 12.3. The van der Waals surface area contributed by atoms with Crippen molar-refractivity contribution < 1.29 is 52.6 Å². The van der Waals surface area contributed by atoms with E-state index in [2.05, 4.69) is 21.3 Å². The van der Waals surface area contributed by atoms with Gasteiger partial charge in [0.05, 0.1) is 10.4 Å². The lowest BCUT2D eigenvalue weighted by Gasteiger charge is -2.25. The maximum atomic E-state index is 14.1. The molecular formula is C41H49N7O12. The second kappa shape index (κ2) is 20.0. The van der Waals surface area contributed by atoms with E-state index in [1.54, 1.807) is 90.1 Å². The molecule has 19 nitrogen and oxygen atoms in total. The first-order chi connectivity index (χ1) is 28.2. The minimum atomic E-state index is -1.30. The molecule has 0 radical (unpaired) electrons. The molecule has 2 atom stereocenters. The lowest BCUT2D eigenvalue weighted by molar-refractivity contribution is -0.384. The third-order valence-corrected chi connectivity index (χ3v) is 8.24. The number of para-hydroxylation sites is 1. The zero-order valence-electron chi connectivity index (χ0n) is 34.1. The van der Waals surface area contributed by atoms with Crippen molar-refractivity contribution in [2.75, 3.05) is 11.9 Å². The van der Waals surface area contributed by atoms with Gasteiger partial charge in [0.25, 0.3) is 5.69 Å². The summed E-state index contributed by atoms with van der Waals surface area (Å²) in [5, 5.41) is 22.0. The van der Waals surface area contributed by atoms with Gasteiger partial charge in [0.15, 0.2) is 0 Å². The Morgan fingerprint density at radius 3 is 2.08 bits per heavy atom. The number of nitrogens with zero attached hydrogens (tertiary/aromatic N) is 2. The van der Waals surface area contributed by atoms with E-state index in [-0.39, 0.29) is 43.9 Å². The summed E-state index contributed by atoms with van der Waals surface area (Å²) < 4.78 is 22.5. The van der Waals surface area contributed by atoms with Gasteiger partial charge in [-0.15, -0.1) is 0 Å². The number of ether oxygens (including phenoxy) is 4. The predicted octanol–water partition coefficient (Wildman–Crippen LogP) is 6.06. The maximum Gasteiger partial charge on any atom is 0.514 e. The van der Waals surface area contributed by atoms with Crippen LogP contribution in [0.15, 0.2) is 79.0 Å². The zero-order chi connectivity index (χ0) is 44.2. The minimum absolute atomic E-state index is 0.0394. The molecule has 0 aliphatic rings. The highest BCUT2D eigenvalue weighted by Crippen LogP contribution is 2.25. The summed E-state index contributed by atoms with van der Waals surface area (Å²) in [5.74, 6) is -1.32. The molecule has 6 N–H and O–H groups in total. The highest BCUT2D eigenvalue weighted by molar-refractivity contribution is 5.99. The molecule has 60 heavy (non-hydrogen) atoms. The fourth-order valence-electron chi connectivity index (χ4n) is 5.63. The number of anilines is 1. The Morgan fingerprint density at radius 1 is 0.817 bits per heavy atom. The monoisotopic (exact) mass is 831 g/mol. The molecule has 0 saturated heterocycles. The number of urea groups is 1. The Balaban J connectivity index is 1.50. The van der Waals surface area contributed by atoms with Crippen LogP contribution in [0.5, 0.6) is 5.75 Å². The number of nitrogens with one attached hydrogen (secondary N) is 4. The van der Waals surface area contributed by atoms with Gasteiger partial charge in [0, 0.05) is 42.4 Å². The molecular weight excluding hydrogens is 782 g/mol. The van der Waals surface area contributed by atoms with Crippen molar-refractivity contribution in [2.24, 2.45) is 5.73 Å². The SMILES string of the molecule is CC(C)(C)OC(=O)N[C@H](Cc1cn(C(=O)OC(C)(C)C)c2ccccc12)C(=O)N[C@@H](CCCNC(N)=O)C(=O)Nc1ccc(COC(=O)Oc2ccc([N+](=O)[O-])cc2)cc1. The molecule has 0 saturated carbocycles. The Morgan fingerprint density at radius 2 is 1.47 bits per heavy atom. The highest BCUT2D eigenvalue weighted by Gasteiger charge is 2.30. The highest BCUT2D eigenvalue weighted by atomic mass is 16.7. The molecule has 320 valence electrons. The number of fused-ring (bicyclic) bond motifs is 1. The Labute approximate surface area is 345 Å². The summed E-state index contributed by atoms with van der Waals surface area (Å²) in [5.41, 5.74) is 5.21. The molecule has 19 heteroatoms. The Bertz CT molecular complexity index is 2190. The number of nitro benzene ring substituents is 1. The maximum absolute atomic E-state index is 14.1. The molecule has 4 rings (SSSR count). The van der Waals surface area contributed by atoms with E-state index in [1.807, 2.05) is 0 Å². The van der Waals surface area contributed by atoms with Gasteiger partial charge in [-0.3, -0.25) is 24.3 Å². The van der Waals surface area contributed by atoms with Crippen LogP contribution < -0.4 is 31.7 Å². The molecule has 1 heterocycles. The van der Waals surface area contributed by atoms with Crippen molar-refractivity contribution in [1.82, 2.24) is 20.5 Å². The molecule has 0 fully saturated rings. The predicted molar refractivity (Wildman–Crippen MR) is 218 cm³/mol. The fourth-order valence-corrected chi connectivity index (χ4v) is 5.63. The zero-order valence-corrected chi connectivity index (χ0v) is 34.1.